The lowest BCUT2D eigenvalue weighted by Crippen LogP contribution is -2.54. The van der Waals surface area contributed by atoms with E-state index >= 15 is 0 Å². The molecule has 1 aliphatic rings. The Morgan fingerprint density at radius 1 is 1.14 bits per heavy atom. The van der Waals surface area contributed by atoms with Gasteiger partial charge in [0.15, 0.2) is 0 Å². The van der Waals surface area contributed by atoms with E-state index in [9.17, 15) is 0 Å². The lowest BCUT2D eigenvalue weighted by atomic mass is 9.95. The molecule has 0 spiro atoms. The first-order valence-electron chi connectivity index (χ1n) is 7.92. The van der Waals surface area contributed by atoms with Gasteiger partial charge in [0.05, 0.1) is 13.2 Å². The summed E-state index contributed by atoms with van der Waals surface area (Å²) in [4.78, 5) is 5.42. The maximum atomic E-state index is 5.44. The minimum Gasteiger partial charge on any atom is -0.379 e. The van der Waals surface area contributed by atoms with Crippen LogP contribution in [0.1, 0.15) is 44.4 Å². The van der Waals surface area contributed by atoms with Crippen LogP contribution in [0.25, 0.3) is 0 Å². The zero-order valence-electron chi connectivity index (χ0n) is 14.2. The van der Waals surface area contributed by atoms with Gasteiger partial charge in [-0.05, 0) is 31.4 Å². The summed E-state index contributed by atoms with van der Waals surface area (Å²) in [5.41, 5.74) is 0.448. The Hall–Kier alpha value is -0.420. The largest absolute Gasteiger partial charge is 0.379 e. The summed E-state index contributed by atoms with van der Waals surface area (Å²) < 4.78 is 5.44. The topological polar surface area (TPSA) is 24.5 Å². The van der Waals surface area contributed by atoms with Crippen LogP contribution in [0.3, 0.4) is 0 Å². The van der Waals surface area contributed by atoms with E-state index in [-0.39, 0.29) is 11.0 Å². The first kappa shape index (κ1) is 16.9. The monoisotopic (exact) mass is 310 g/mol. The molecule has 0 unspecified atom stereocenters. The molecule has 0 bridgehead atoms. The molecule has 0 atom stereocenters. The highest BCUT2D eigenvalue weighted by Gasteiger charge is 2.27. The van der Waals surface area contributed by atoms with Crippen molar-refractivity contribution >= 4 is 11.3 Å². The van der Waals surface area contributed by atoms with Crippen molar-refractivity contribution in [2.45, 2.75) is 52.1 Å². The van der Waals surface area contributed by atoms with Crippen LogP contribution in [-0.4, -0.2) is 43.3 Å². The molecule has 0 amide bonds. The van der Waals surface area contributed by atoms with Crippen molar-refractivity contribution in [2.75, 3.05) is 32.8 Å². The molecule has 0 saturated carbocycles. The second-order valence-electron chi connectivity index (χ2n) is 7.53. The van der Waals surface area contributed by atoms with Crippen LogP contribution in [0.5, 0.6) is 0 Å². The van der Waals surface area contributed by atoms with Crippen molar-refractivity contribution in [1.29, 1.82) is 0 Å². The summed E-state index contributed by atoms with van der Waals surface area (Å²) in [5.74, 6) is 0. The summed E-state index contributed by atoms with van der Waals surface area (Å²) in [6.07, 6.45) is 0. The molecule has 1 aromatic heterocycles. The fourth-order valence-corrected chi connectivity index (χ4v) is 3.68. The number of thiophene rings is 1. The predicted molar refractivity (Wildman–Crippen MR) is 91.2 cm³/mol. The van der Waals surface area contributed by atoms with Gasteiger partial charge < -0.3 is 10.1 Å². The molecule has 0 aliphatic carbocycles. The van der Waals surface area contributed by atoms with E-state index in [0.29, 0.717) is 0 Å². The maximum Gasteiger partial charge on any atom is 0.0594 e. The van der Waals surface area contributed by atoms with Gasteiger partial charge in [-0.2, -0.15) is 0 Å². The van der Waals surface area contributed by atoms with E-state index in [4.69, 9.17) is 4.74 Å². The SMILES string of the molecule is CC(C)(C)c1ccc(CNCC(C)(C)N2CCOCC2)s1. The van der Waals surface area contributed by atoms with E-state index in [1.54, 1.807) is 0 Å². The average Bonchev–Trinajstić information content (AvgIpc) is 2.88. The number of nitrogens with zero attached hydrogens (tertiary/aromatic N) is 1. The fourth-order valence-electron chi connectivity index (χ4n) is 2.65. The van der Waals surface area contributed by atoms with Crippen molar-refractivity contribution in [3.05, 3.63) is 21.9 Å². The zero-order valence-corrected chi connectivity index (χ0v) is 15.0. The first-order valence-corrected chi connectivity index (χ1v) is 8.73. The van der Waals surface area contributed by atoms with Crippen LogP contribution in [0.2, 0.25) is 0 Å². The molecule has 2 heterocycles. The van der Waals surface area contributed by atoms with Crippen LogP contribution in [0.4, 0.5) is 0 Å². The van der Waals surface area contributed by atoms with Gasteiger partial charge in [-0.3, -0.25) is 4.90 Å². The highest BCUT2D eigenvalue weighted by atomic mass is 32.1. The van der Waals surface area contributed by atoms with E-state index in [2.05, 4.69) is 57.0 Å². The summed E-state index contributed by atoms with van der Waals surface area (Å²) in [7, 11) is 0. The highest BCUT2D eigenvalue weighted by Crippen LogP contribution is 2.29. The second-order valence-corrected chi connectivity index (χ2v) is 8.70. The quantitative estimate of drug-likeness (QED) is 0.903. The van der Waals surface area contributed by atoms with Gasteiger partial charge in [0, 0.05) is 41.5 Å². The third-order valence-electron chi connectivity index (χ3n) is 4.12. The van der Waals surface area contributed by atoms with Crippen molar-refractivity contribution in [2.24, 2.45) is 0 Å². The highest BCUT2D eigenvalue weighted by molar-refractivity contribution is 7.12. The number of nitrogens with one attached hydrogen (secondary N) is 1. The van der Waals surface area contributed by atoms with E-state index < -0.39 is 0 Å². The standard InChI is InChI=1S/C17H30N2OS/c1-16(2,3)15-7-6-14(21-15)12-18-13-17(4,5)19-8-10-20-11-9-19/h6-7,18H,8-13H2,1-5H3. The van der Waals surface area contributed by atoms with Gasteiger partial charge in [0.1, 0.15) is 0 Å². The molecule has 4 heteroatoms. The van der Waals surface area contributed by atoms with Crippen LogP contribution in [-0.2, 0) is 16.7 Å². The van der Waals surface area contributed by atoms with E-state index in [1.807, 2.05) is 11.3 Å². The Morgan fingerprint density at radius 3 is 2.38 bits per heavy atom. The molecule has 0 aromatic carbocycles. The van der Waals surface area contributed by atoms with Crippen molar-refractivity contribution in [3.8, 4) is 0 Å². The third-order valence-corrected chi connectivity index (χ3v) is 5.64. The molecular formula is C17H30N2OS. The summed E-state index contributed by atoms with van der Waals surface area (Å²) in [6, 6.07) is 4.54. The van der Waals surface area contributed by atoms with Gasteiger partial charge in [0.2, 0.25) is 0 Å². The zero-order chi connectivity index (χ0) is 15.5. The molecule has 1 N–H and O–H groups in total. The molecule has 1 fully saturated rings. The summed E-state index contributed by atoms with van der Waals surface area (Å²) >= 11 is 1.93. The Morgan fingerprint density at radius 2 is 1.81 bits per heavy atom. The minimum atomic E-state index is 0.188. The number of rotatable bonds is 5. The fraction of sp³-hybridized carbons (Fsp3) is 0.765. The molecule has 3 nitrogen and oxygen atoms in total. The van der Waals surface area contributed by atoms with Gasteiger partial charge in [0.25, 0.3) is 0 Å². The Labute approximate surface area is 133 Å². The maximum absolute atomic E-state index is 5.44. The van der Waals surface area contributed by atoms with Gasteiger partial charge in [-0.1, -0.05) is 20.8 Å². The number of hydrogen-bond donors (Lipinski definition) is 1. The Bertz CT molecular complexity index is 442. The lowest BCUT2D eigenvalue weighted by Gasteiger charge is -2.41. The molecule has 0 radical (unpaired) electrons. The molecule has 1 aliphatic heterocycles. The molecular weight excluding hydrogens is 280 g/mol. The first-order chi connectivity index (χ1) is 9.79. The predicted octanol–water partition coefficient (Wildman–Crippen LogP) is 3.25. The minimum absolute atomic E-state index is 0.188. The van der Waals surface area contributed by atoms with Crippen LogP contribution >= 0.6 is 11.3 Å². The molecule has 120 valence electrons. The molecule has 1 saturated heterocycles. The van der Waals surface area contributed by atoms with Gasteiger partial charge in [-0.15, -0.1) is 11.3 Å². The van der Waals surface area contributed by atoms with Gasteiger partial charge >= 0.3 is 0 Å². The number of hydrogen-bond acceptors (Lipinski definition) is 4. The van der Waals surface area contributed by atoms with Crippen LogP contribution in [0.15, 0.2) is 12.1 Å². The number of ether oxygens (including phenoxy) is 1. The van der Waals surface area contributed by atoms with Gasteiger partial charge in [-0.25, -0.2) is 0 Å². The number of morpholine rings is 1. The molecule has 21 heavy (non-hydrogen) atoms. The Kier molecular flexibility index (Phi) is 5.47. The second kappa shape index (κ2) is 6.78. The van der Waals surface area contributed by atoms with E-state index in [0.717, 1.165) is 39.4 Å². The Balaban J connectivity index is 1.81. The van der Waals surface area contributed by atoms with E-state index in [1.165, 1.54) is 9.75 Å². The van der Waals surface area contributed by atoms with Crippen molar-refractivity contribution in [3.63, 3.8) is 0 Å². The average molecular weight is 311 g/mol. The van der Waals surface area contributed by atoms with Crippen molar-refractivity contribution in [1.82, 2.24) is 10.2 Å². The summed E-state index contributed by atoms with van der Waals surface area (Å²) in [6.45, 7) is 17.3. The molecule has 2 rings (SSSR count). The van der Waals surface area contributed by atoms with Crippen LogP contribution < -0.4 is 5.32 Å². The van der Waals surface area contributed by atoms with Crippen LogP contribution in [0, 0.1) is 0 Å². The molecule has 1 aromatic rings. The summed E-state index contributed by atoms with van der Waals surface area (Å²) in [5, 5.41) is 3.63. The van der Waals surface area contributed by atoms with Crippen molar-refractivity contribution < 1.29 is 4.74 Å². The smallest absolute Gasteiger partial charge is 0.0594 e. The third kappa shape index (κ3) is 4.78. The lowest BCUT2D eigenvalue weighted by molar-refractivity contribution is -0.00965. The normalized spacial score (nSPS) is 18.1.